The van der Waals surface area contributed by atoms with E-state index < -0.39 is 0 Å². The van der Waals surface area contributed by atoms with Gasteiger partial charge in [0.1, 0.15) is 5.75 Å². The SMILES string of the molecule is COc1ccc2[nH]cc(C3CCN(C(=O)CCc4nc(-c5ccsc5)no4)CC3)c2c1. The summed E-state index contributed by atoms with van der Waals surface area (Å²) in [6, 6.07) is 8.07. The standard InChI is InChI=1S/C23H24N4O3S/c1-29-17-2-3-20-18(12-17)19(13-24-20)15-6-9-27(10-7-15)22(28)5-4-21-25-23(26-30-21)16-8-11-31-14-16/h2-3,8,11-15,24H,4-7,9-10H2,1H3. The summed E-state index contributed by atoms with van der Waals surface area (Å²) in [5, 5.41) is 9.18. The smallest absolute Gasteiger partial charge is 0.227 e. The molecule has 1 saturated heterocycles. The van der Waals surface area contributed by atoms with Gasteiger partial charge in [0.15, 0.2) is 0 Å². The summed E-state index contributed by atoms with van der Waals surface area (Å²) >= 11 is 1.59. The molecule has 1 fully saturated rings. The van der Waals surface area contributed by atoms with E-state index in [1.54, 1.807) is 18.4 Å². The first-order chi connectivity index (χ1) is 15.2. The Labute approximate surface area is 184 Å². The number of nitrogens with zero attached hydrogens (tertiary/aromatic N) is 3. The van der Waals surface area contributed by atoms with Crippen LogP contribution in [0.4, 0.5) is 0 Å². The third-order valence-electron chi connectivity index (χ3n) is 6.01. The number of H-pyrrole nitrogens is 1. The lowest BCUT2D eigenvalue weighted by molar-refractivity contribution is -0.132. The lowest BCUT2D eigenvalue weighted by Crippen LogP contribution is -2.38. The number of benzene rings is 1. The Morgan fingerprint density at radius 2 is 2.19 bits per heavy atom. The van der Waals surface area contributed by atoms with Gasteiger partial charge in [-0.05, 0) is 54.0 Å². The van der Waals surface area contributed by atoms with Crippen molar-refractivity contribution in [1.29, 1.82) is 0 Å². The van der Waals surface area contributed by atoms with Crippen LogP contribution in [0.5, 0.6) is 5.75 Å². The third-order valence-corrected chi connectivity index (χ3v) is 6.69. The molecule has 0 atom stereocenters. The second kappa shape index (κ2) is 8.55. The van der Waals surface area contributed by atoms with E-state index in [9.17, 15) is 4.79 Å². The van der Waals surface area contributed by atoms with Crippen molar-refractivity contribution in [3.05, 3.63) is 52.7 Å². The summed E-state index contributed by atoms with van der Waals surface area (Å²) in [4.78, 5) is 22.4. The van der Waals surface area contributed by atoms with Crippen LogP contribution < -0.4 is 4.74 Å². The number of methoxy groups -OCH3 is 1. The van der Waals surface area contributed by atoms with Crippen LogP contribution in [0.1, 0.15) is 36.6 Å². The first-order valence-electron chi connectivity index (χ1n) is 10.5. The number of likely N-dealkylation sites (tertiary alicyclic amines) is 1. The number of carbonyl (C=O) groups is 1. The van der Waals surface area contributed by atoms with Crippen LogP contribution in [0.3, 0.4) is 0 Å². The first kappa shape index (κ1) is 19.8. The molecule has 1 aliphatic heterocycles. The third kappa shape index (κ3) is 4.07. The van der Waals surface area contributed by atoms with E-state index in [1.165, 1.54) is 10.9 Å². The molecule has 5 rings (SSSR count). The summed E-state index contributed by atoms with van der Waals surface area (Å²) in [6.07, 6.45) is 4.88. The zero-order valence-electron chi connectivity index (χ0n) is 17.3. The minimum atomic E-state index is 0.148. The predicted molar refractivity (Wildman–Crippen MR) is 119 cm³/mol. The number of thiophene rings is 1. The van der Waals surface area contributed by atoms with Gasteiger partial charge in [0.05, 0.1) is 7.11 Å². The van der Waals surface area contributed by atoms with Gasteiger partial charge < -0.3 is 19.1 Å². The maximum atomic E-state index is 12.7. The summed E-state index contributed by atoms with van der Waals surface area (Å²) in [5.74, 6) is 2.55. The molecule has 4 heterocycles. The van der Waals surface area contributed by atoms with Gasteiger partial charge in [-0.15, -0.1) is 0 Å². The minimum Gasteiger partial charge on any atom is -0.497 e. The first-order valence-corrected chi connectivity index (χ1v) is 11.4. The molecule has 0 radical (unpaired) electrons. The maximum Gasteiger partial charge on any atom is 0.227 e. The highest BCUT2D eigenvalue weighted by atomic mass is 32.1. The van der Waals surface area contributed by atoms with Crippen molar-refractivity contribution < 1.29 is 14.1 Å². The van der Waals surface area contributed by atoms with Crippen LogP contribution >= 0.6 is 11.3 Å². The van der Waals surface area contributed by atoms with E-state index in [4.69, 9.17) is 9.26 Å². The van der Waals surface area contributed by atoms with Crippen LogP contribution in [-0.2, 0) is 11.2 Å². The average molecular weight is 437 g/mol. The normalized spacial score (nSPS) is 14.9. The molecule has 1 aromatic carbocycles. The van der Waals surface area contributed by atoms with Gasteiger partial charge in [0.2, 0.25) is 17.6 Å². The number of piperidine rings is 1. The number of nitrogens with one attached hydrogen (secondary N) is 1. The Morgan fingerprint density at radius 1 is 1.32 bits per heavy atom. The summed E-state index contributed by atoms with van der Waals surface area (Å²) in [6.45, 7) is 1.54. The topological polar surface area (TPSA) is 84.2 Å². The highest BCUT2D eigenvalue weighted by Gasteiger charge is 2.26. The van der Waals surface area contributed by atoms with Crippen LogP contribution in [0.15, 0.2) is 45.7 Å². The van der Waals surface area contributed by atoms with E-state index >= 15 is 0 Å². The second-order valence-corrected chi connectivity index (χ2v) is 8.61. The monoisotopic (exact) mass is 436 g/mol. The lowest BCUT2D eigenvalue weighted by atomic mass is 9.89. The summed E-state index contributed by atoms with van der Waals surface area (Å²) in [7, 11) is 1.69. The van der Waals surface area contributed by atoms with Crippen LogP contribution in [0.25, 0.3) is 22.3 Å². The van der Waals surface area contributed by atoms with E-state index in [0.717, 1.165) is 42.8 Å². The Balaban J connectivity index is 1.17. The number of carbonyl (C=O) groups excluding carboxylic acids is 1. The van der Waals surface area contributed by atoms with Crippen molar-refractivity contribution in [3.8, 4) is 17.1 Å². The van der Waals surface area contributed by atoms with Crippen molar-refractivity contribution in [3.63, 3.8) is 0 Å². The van der Waals surface area contributed by atoms with E-state index in [0.29, 0.717) is 30.5 Å². The van der Waals surface area contributed by atoms with Gasteiger partial charge in [-0.25, -0.2) is 0 Å². The number of aryl methyl sites for hydroxylation is 1. The van der Waals surface area contributed by atoms with E-state index in [2.05, 4.69) is 33.5 Å². The molecule has 1 N–H and O–H groups in total. The molecule has 4 aromatic rings. The van der Waals surface area contributed by atoms with Crippen molar-refractivity contribution >= 4 is 28.1 Å². The van der Waals surface area contributed by atoms with Crippen LogP contribution in [0, 0.1) is 0 Å². The van der Waals surface area contributed by atoms with Crippen molar-refractivity contribution in [2.24, 2.45) is 0 Å². The fraction of sp³-hybridized carbons (Fsp3) is 0.348. The Bertz CT molecular complexity index is 1170. The lowest BCUT2D eigenvalue weighted by Gasteiger charge is -2.32. The molecule has 0 unspecified atom stereocenters. The Hall–Kier alpha value is -3.13. The van der Waals surface area contributed by atoms with Gasteiger partial charge in [-0.2, -0.15) is 16.3 Å². The number of hydrogen-bond acceptors (Lipinski definition) is 6. The highest BCUT2D eigenvalue weighted by Crippen LogP contribution is 2.34. The molecule has 7 nitrogen and oxygen atoms in total. The fourth-order valence-electron chi connectivity index (χ4n) is 4.26. The highest BCUT2D eigenvalue weighted by molar-refractivity contribution is 7.08. The van der Waals surface area contributed by atoms with Crippen LogP contribution in [0.2, 0.25) is 0 Å². The van der Waals surface area contributed by atoms with Gasteiger partial charge in [0.25, 0.3) is 0 Å². The number of hydrogen-bond donors (Lipinski definition) is 1. The fourth-order valence-corrected chi connectivity index (χ4v) is 4.90. The molecule has 160 valence electrons. The van der Waals surface area contributed by atoms with Crippen LogP contribution in [-0.4, -0.2) is 46.1 Å². The molecule has 1 aliphatic rings. The van der Waals surface area contributed by atoms with Crippen molar-refractivity contribution in [2.45, 2.75) is 31.6 Å². The molecule has 31 heavy (non-hydrogen) atoms. The zero-order valence-corrected chi connectivity index (χ0v) is 18.2. The second-order valence-electron chi connectivity index (χ2n) is 7.83. The number of fused-ring (bicyclic) bond motifs is 1. The zero-order chi connectivity index (χ0) is 21.2. The van der Waals surface area contributed by atoms with Gasteiger partial charge >= 0.3 is 0 Å². The van der Waals surface area contributed by atoms with Gasteiger partial charge in [0, 0.05) is 54.0 Å². The summed E-state index contributed by atoms with van der Waals surface area (Å²) in [5.41, 5.74) is 3.38. The molecular weight excluding hydrogens is 412 g/mol. The van der Waals surface area contributed by atoms with Gasteiger partial charge in [-0.1, -0.05) is 5.16 Å². The number of ether oxygens (including phenoxy) is 1. The molecule has 1 amide bonds. The molecular formula is C23H24N4O3S. The molecule has 0 saturated carbocycles. The van der Waals surface area contributed by atoms with E-state index in [-0.39, 0.29) is 5.91 Å². The average Bonchev–Trinajstić information content (AvgIpc) is 3.57. The number of rotatable bonds is 6. The quantitative estimate of drug-likeness (QED) is 0.476. The Kier molecular flexibility index (Phi) is 5.46. The van der Waals surface area contributed by atoms with Crippen molar-refractivity contribution in [2.75, 3.05) is 20.2 Å². The van der Waals surface area contributed by atoms with Gasteiger partial charge in [-0.3, -0.25) is 4.79 Å². The molecule has 0 aliphatic carbocycles. The predicted octanol–water partition coefficient (Wildman–Crippen LogP) is 4.63. The Morgan fingerprint density at radius 3 is 2.97 bits per heavy atom. The molecule has 0 bridgehead atoms. The maximum absolute atomic E-state index is 12.7. The minimum absolute atomic E-state index is 0.148. The molecule has 3 aromatic heterocycles. The molecule has 8 heteroatoms. The van der Waals surface area contributed by atoms with Crippen molar-refractivity contribution in [1.82, 2.24) is 20.0 Å². The number of aromatic amines is 1. The summed E-state index contributed by atoms with van der Waals surface area (Å²) < 4.78 is 10.7. The largest absolute Gasteiger partial charge is 0.497 e. The van der Waals surface area contributed by atoms with E-state index in [1.807, 2.05) is 27.8 Å². The number of amides is 1. The molecule has 0 spiro atoms. The number of aromatic nitrogens is 3.